The van der Waals surface area contributed by atoms with Crippen LogP contribution in [0.4, 0.5) is 0 Å². The molecular formula is C6H11ClNO2-. The maximum atomic E-state index is 10.8. The van der Waals surface area contributed by atoms with Gasteiger partial charge in [0.05, 0.1) is 13.0 Å². The zero-order chi connectivity index (χ0) is 6.69. The average molecular weight is 165 g/mol. The molecular weight excluding hydrogens is 154 g/mol. The van der Waals surface area contributed by atoms with E-state index in [0.29, 0.717) is 0 Å². The number of hydrogen-bond donors (Lipinski definition) is 1. The number of carbonyl (C=O) groups is 1. The van der Waals surface area contributed by atoms with E-state index in [4.69, 9.17) is 0 Å². The molecule has 0 aromatic rings. The molecule has 0 aromatic carbocycles. The normalized spacial score (nSPS) is 23.5. The molecule has 0 aliphatic carbocycles. The predicted octanol–water partition coefficient (Wildman–Crippen LogP) is -3.23. The Kier molecular flexibility index (Phi) is 4.40. The Hall–Kier alpha value is -0.280. The molecule has 0 radical (unpaired) electrons. The first-order valence-corrected chi connectivity index (χ1v) is 3.13. The van der Waals surface area contributed by atoms with E-state index in [1.807, 2.05) is 0 Å². The summed E-state index contributed by atoms with van der Waals surface area (Å²) < 4.78 is 4.56. The third-order valence-electron chi connectivity index (χ3n) is 1.59. The SMILES string of the molecule is COC(=O)C1CCNC1.[Cl-]. The van der Waals surface area contributed by atoms with Crippen molar-refractivity contribution in [3.63, 3.8) is 0 Å². The van der Waals surface area contributed by atoms with Gasteiger partial charge < -0.3 is 22.5 Å². The number of ether oxygens (including phenoxy) is 1. The van der Waals surface area contributed by atoms with Gasteiger partial charge in [-0.25, -0.2) is 0 Å². The summed E-state index contributed by atoms with van der Waals surface area (Å²) in [6.07, 6.45) is 0.923. The van der Waals surface area contributed by atoms with Gasteiger partial charge in [-0.3, -0.25) is 4.79 Å². The van der Waals surface area contributed by atoms with Crippen LogP contribution in [0.15, 0.2) is 0 Å². The quantitative estimate of drug-likeness (QED) is 0.415. The third-order valence-corrected chi connectivity index (χ3v) is 1.59. The summed E-state index contributed by atoms with van der Waals surface area (Å²) in [4.78, 5) is 10.8. The van der Waals surface area contributed by atoms with Gasteiger partial charge in [0.25, 0.3) is 0 Å². The van der Waals surface area contributed by atoms with Crippen molar-refractivity contribution in [2.45, 2.75) is 6.42 Å². The number of methoxy groups -OCH3 is 1. The largest absolute Gasteiger partial charge is 1.00 e. The zero-order valence-electron chi connectivity index (χ0n) is 5.89. The Balaban J connectivity index is 0.000000810. The standard InChI is InChI=1S/C6H11NO2.ClH/c1-9-6(8)5-2-3-7-4-5;/h5,7H,2-4H2,1H3;1H/p-1. The highest BCUT2D eigenvalue weighted by Crippen LogP contribution is 2.07. The van der Waals surface area contributed by atoms with Crippen LogP contribution in [0, 0.1) is 5.92 Å². The molecule has 0 saturated carbocycles. The van der Waals surface area contributed by atoms with E-state index < -0.39 is 0 Å². The number of halogens is 1. The van der Waals surface area contributed by atoms with Gasteiger partial charge in [-0.05, 0) is 13.0 Å². The first kappa shape index (κ1) is 9.72. The van der Waals surface area contributed by atoms with E-state index in [9.17, 15) is 4.79 Å². The molecule has 0 aromatic heterocycles. The van der Waals surface area contributed by atoms with Crippen molar-refractivity contribution in [1.29, 1.82) is 0 Å². The first-order chi connectivity index (χ1) is 4.34. The van der Waals surface area contributed by atoms with Gasteiger partial charge >= 0.3 is 5.97 Å². The number of rotatable bonds is 1. The summed E-state index contributed by atoms with van der Waals surface area (Å²) in [5.74, 6) is 0.0231. The van der Waals surface area contributed by atoms with Crippen LogP contribution in [0.25, 0.3) is 0 Å². The number of nitrogens with one attached hydrogen (secondary N) is 1. The van der Waals surface area contributed by atoms with Gasteiger partial charge in [0.1, 0.15) is 0 Å². The molecule has 1 unspecified atom stereocenters. The number of carbonyl (C=O) groups excluding carboxylic acids is 1. The van der Waals surface area contributed by atoms with Crippen molar-refractivity contribution >= 4 is 5.97 Å². The van der Waals surface area contributed by atoms with Crippen molar-refractivity contribution in [3.8, 4) is 0 Å². The predicted molar refractivity (Wildman–Crippen MR) is 33.0 cm³/mol. The lowest BCUT2D eigenvalue weighted by atomic mass is 10.1. The van der Waals surface area contributed by atoms with Crippen LogP contribution in [-0.4, -0.2) is 26.2 Å². The molecule has 1 fully saturated rings. The molecule has 10 heavy (non-hydrogen) atoms. The molecule has 0 spiro atoms. The van der Waals surface area contributed by atoms with Crippen LogP contribution in [0.5, 0.6) is 0 Å². The molecule has 1 rings (SSSR count). The molecule has 1 aliphatic rings. The summed E-state index contributed by atoms with van der Waals surface area (Å²) in [6, 6.07) is 0. The van der Waals surface area contributed by atoms with Crippen LogP contribution >= 0.6 is 0 Å². The highest BCUT2D eigenvalue weighted by molar-refractivity contribution is 5.72. The summed E-state index contributed by atoms with van der Waals surface area (Å²) >= 11 is 0. The monoisotopic (exact) mass is 164 g/mol. The minimum Gasteiger partial charge on any atom is -1.00 e. The smallest absolute Gasteiger partial charge is 0.309 e. The van der Waals surface area contributed by atoms with Gasteiger partial charge in [-0.1, -0.05) is 0 Å². The maximum absolute atomic E-state index is 10.8. The Labute approximate surface area is 66.5 Å². The second-order valence-corrected chi connectivity index (χ2v) is 2.21. The van der Waals surface area contributed by atoms with E-state index in [1.54, 1.807) is 0 Å². The van der Waals surface area contributed by atoms with Crippen LogP contribution in [-0.2, 0) is 9.53 Å². The topological polar surface area (TPSA) is 38.3 Å². The summed E-state index contributed by atoms with van der Waals surface area (Å²) in [5.41, 5.74) is 0. The van der Waals surface area contributed by atoms with E-state index in [1.165, 1.54) is 7.11 Å². The molecule has 1 heterocycles. The second kappa shape index (κ2) is 4.52. The van der Waals surface area contributed by atoms with E-state index >= 15 is 0 Å². The molecule has 1 N–H and O–H groups in total. The van der Waals surface area contributed by atoms with Crippen LogP contribution in [0.2, 0.25) is 0 Å². The van der Waals surface area contributed by atoms with E-state index in [0.717, 1.165) is 19.5 Å². The number of hydrogen-bond acceptors (Lipinski definition) is 3. The van der Waals surface area contributed by atoms with Crippen molar-refractivity contribution in [1.82, 2.24) is 5.32 Å². The van der Waals surface area contributed by atoms with Crippen molar-refractivity contribution in [2.24, 2.45) is 5.92 Å². The molecule has 3 nitrogen and oxygen atoms in total. The molecule has 1 saturated heterocycles. The van der Waals surface area contributed by atoms with Gasteiger partial charge in [0.2, 0.25) is 0 Å². The Morgan fingerprint density at radius 2 is 2.40 bits per heavy atom. The minimum absolute atomic E-state index is 0. The Morgan fingerprint density at radius 1 is 1.70 bits per heavy atom. The first-order valence-electron chi connectivity index (χ1n) is 3.13. The Morgan fingerprint density at radius 3 is 2.80 bits per heavy atom. The summed E-state index contributed by atoms with van der Waals surface area (Å²) in [6.45, 7) is 1.73. The minimum atomic E-state index is -0.0833. The lowest BCUT2D eigenvalue weighted by Crippen LogP contribution is -3.00. The maximum Gasteiger partial charge on any atom is 0.309 e. The van der Waals surface area contributed by atoms with Crippen LogP contribution < -0.4 is 17.7 Å². The molecule has 0 amide bonds. The summed E-state index contributed by atoms with van der Waals surface area (Å²) in [7, 11) is 1.43. The van der Waals surface area contributed by atoms with Crippen molar-refractivity contribution in [2.75, 3.05) is 20.2 Å². The lowest BCUT2D eigenvalue weighted by molar-refractivity contribution is -0.144. The lowest BCUT2D eigenvalue weighted by Gasteiger charge is -2.02. The molecule has 60 valence electrons. The average Bonchev–Trinajstić information content (AvgIpc) is 2.37. The molecule has 1 atom stereocenters. The van der Waals surface area contributed by atoms with Crippen LogP contribution in [0.1, 0.15) is 6.42 Å². The zero-order valence-corrected chi connectivity index (χ0v) is 6.65. The second-order valence-electron chi connectivity index (χ2n) is 2.21. The van der Waals surface area contributed by atoms with Gasteiger partial charge in [-0.2, -0.15) is 0 Å². The van der Waals surface area contributed by atoms with Gasteiger partial charge in [0, 0.05) is 6.54 Å². The van der Waals surface area contributed by atoms with Gasteiger partial charge in [-0.15, -0.1) is 0 Å². The number of esters is 1. The molecule has 0 bridgehead atoms. The Bertz CT molecular complexity index is 112. The van der Waals surface area contributed by atoms with E-state index in [-0.39, 0.29) is 24.3 Å². The summed E-state index contributed by atoms with van der Waals surface area (Å²) in [5, 5.41) is 3.09. The fraction of sp³-hybridized carbons (Fsp3) is 0.833. The molecule has 1 aliphatic heterocycles. The van der Waals surface area contributed by atoms with Crippen molar-refractivity contribution in [3.05, 3.63) is 0 Å². The highest BCUT2D eigenvalue weighted by Gasteiger charge is 2.22. The molecule has 4 heteroatoms. The fourth-order valence-corrected chi connectivity index (χ4v) is 1.02. The van der Waals surface area contributed by atoms with Gasteiger partial charge in [0.15, 0.2) is 0 Å². The highest BCUT2D eigenvalue weighted by atomic mass is 35.5. The third kappa shape index (κ3) is 2.15. The van der Waals surface area contributed by atoms with Crippen molar-refractivity contribution < 1.29 is 21.9 Å². The van der Waals surface area contributed by atoms with Crippen LogP contribution in [0.3, 0.4) is 0 Å². The van der Waals surface area contributed by atoms with E-state index in [2.05, 4.69) is 10.1 Å². The fourth-order valence-electron chi connectivity index (χ4n) is 1.02.